The summed E-state index contributed by atoms with van der Waals surface area (Å²) in [4.78, 5) is 23.4. The van der Waals surface area contributed by atoms with E-state index < -0.39 is 5.97 Å². The van der Waals surface area contributed by atoms with Crippen molar-refractivity contribution in [2.45, 2.75) is 39.1 Å². The highest BCUT2D eigenvalue weighted by Crippen LogP contribution is 2.24. The zero-order chi connectivity index (χ0) is 22.4. The first kappa shape index (κ1) is 22.4. The largest absolute Gasteiger partial charge is 0.485 e. The zero-order valence-electron chi connectivity index (χ0n) is 17.6. The number of carbonyl (C=O) groups excluding carboxylic acids is 1. The Morgan fingerprint density at radius 1 is 1.13 bits per heavy atom. The van der Waals surface area contributed by atoms with Crippen LogP contribution in [0.25, 0.3) is 0 Å². The van der Waals surface area contributed by atoms with Crippen LogP contribution in [-0.4, -0.2) is 37.5 Å². The number of hydrogen-bond donors (Lipinski definition) is 2. The molecule has 0 aliphatic heterocycles. The lowest BCUT2D eigenvalue weighted by atomic mass is 10.1. The van der Waals surface area contributed by atoms with E-state index in [1.54, 1.807) is 12.1 Å². The fraction of sp³-hybridized carbons (Fsp3) is 0.273. The topological polar surface area (TPSA) is 106 Å². The predicted octanol–water partition coefficient (Wildman–Crippen LogP) is 3.92. The van der Waals surface area contributed by atoms with E-state index in [4.69, 9.17) is 9.84 Å². The van der Waals surface area contributed by atoms with Crippen LogP contribution in [0.15, 0.2) is 47.6 Å². The van der Waals surface area contributed by atoms with Gasteiger partial charge in [0.1, 0.15) is 12.4 Å². The first-order valence-corrected chi connectivity index (χ1v) is 10.7. The third kappa shape index (κ3) is 5.64. The summed E-state index contributed by atoms with van der Waals surface area (Å²) in [7, 11) is 0. The molecule has 0 radical (unpaired) electrons. The third-order valence-electron chi connectivity index (χ3n) is 4.59. The Bertz CT molecular complexity index is 1080. The number of rotatable bonds is 9. The van der Waals surface area contributed by atoms with Gasteiger partial charge in [-0.2, -0.15) is 0 Å². The smallest absolute Gasteiger partial charge is 0.335 e. The zero-order valence-corrected chi connectivity index (χ0v) is 18.4. The van der Waals surface area contributed by atoms with Crippen molar-refractivity contribution in [3.63, 3.8) is 0 Å². The van der Waals surface area contributed by atoms with Crippen LogP contribution in [-0.2, 0) is 17.9 Å². The van der Waals surface area contributed by atoms with E-state index in [-0.39, 0.29) is 23.8 Å². The molecule has 1 heterocycles. The highest BCUT2D eigenvalue weighted by atomic mass is 32.2. The van der Waals surface area contributed by atoms with Gasteiger partial charge in [-0.3, -0.25) is 4.79 Å². The molecule has 3 aromatic rings. The number of hydrogen-bond acceptors (Lipinski definition) is 6. The second-order valence-corrected chi connectivity index (χ2v) is 7.82. The number of ether oxygens (including phenoxy) is 1. The summed E-state index contributed by atoms with van der Waals surface area (Å²) in [5, 5.41) is 20.8. The van der Waals surface area contributed by atoms with Crippen LogP contribution in [0.4, 0.5) is 5.69 Å². The highest BCUT2D eigenvalue weighted by Gasteiger charge is 2.15. The molecule has 2 aromatic carbocycles. The molecule has 0 bridgehead atoms. The normalized spacial score (nSPS) is 10.7. The lowest BCUT2D eigenvalue weighted by Crippen LogP contribution is -2.15. The number of carboxylic acid groups (broad SMARTS) is 1. The van der Waals surface area contributed by atoms with Crippen LogP contribution >= 0.6 is 11.8 Å². The lowest BCUT2D eigenvalue weighted by molar-refractivity contribution is -0.113. The number of aryl methyl sites for hydroxylation is 2. The summed E-state index contributed by atoms with van der Waals surface area (Å²) in [6.07, 6.45) is 0. The molecule has 0 aliphatic rings. The van der Waals surface area contributed by atoms with Gasteiger partial charge >= 0.3 is 5.97 Å². The van der Waals surface area contributed by atoms with E-state index in [0.717, 1.165) is 16.9 Å². The molecule has 0 atom stereocenters. The van der Waals surface area contributed by atoms with E-state index in [0.29, 0.717) is 23.2 Å². The van der Waals surface area contributed by atoms with Crippen molar-refractivity contribution in [2.75, 3.05) is 11.1 Å². The number of para-hydroxylation sites is 1. The number of carboxylic acids is 1. The number of thioether (sulfide) groups is 1. The number of amides is 1. The number of benzene rings is 2. The summed E-state index contributed by atoms with van der Waals surface area (Å²) < 4.78 is 7.90. The third-order valence-corrected chi connectivity index (χ3v) is 5.56. The van der Waals surface area contributed by atoms with Gasteiger partial charge in [0.05, 0.1) is 11.3 Å². The maximum Gasteiger partial charge on any atom is 0.335 e. The van der Waals surface area contributed by atoms with Crippen molar-refractivity contribution in [1.82, 2.24) is 14.8 Å². The molecular weight excluding hydrogens is 416 g/mol. The molecule has 31 heavy (non-hydrogen) atoms. The van der Waals surface area contributed by atoms with Crippen molar-refractivity contribution in [3.05, 3.63) is 65.0 Å². The molecule has 9 heteroatoms. The molecule has 0 fully saturated rings. The SMILES string of the molecule is CCn1c(COc2c(C)cccc2C)nnc1SCC(=O)Nc1cccc(C(=O)O)c1. The van der Waals surface area contributed by atoms with Gasteiger partial charge in [0.2, 0.25) is 5.91 Å². The summed E-state index contributed by atoms with van der Waals surface area (Å²) in [5.74, 6) is 0.337. The Labute approximate surface area is 184 Å². The van der Waals surface area contributed by atoms with Gasteiger partial charge in [0.25, 0.3) is 0 Å². The average Bonchev–Trinajstić information content (AvgIpc) is 3.14. The van der Waals surface area contributed by atoms with Gasteiger partial charge in [-0.1, -0.05) is 36.0 Å². The van der Waals surface area contributed by atoms with Crippen LogP contribution in [0.3, 0.4) is 0 Å². The quantitative estimate of drug-likeness (QED) is 0.486. The van der Waals surface area contributed by atoms with Crippen molar-refractivity contribution < 1.29 is 19.4 Å². The summed E-state index contributed by atoms with van der Waals surface area (Å²) >= 11 is 1.26. The number of carbonyl (C=O) groups is 2. The van der Waals surface area contributed by atoms with Crippen LogP contribution in [0.5, 0.6) is 5.75 Å². The monoisotopic (exact) mass is 440 g/mol. The molecule has 0 aliphatic carbocycles. The van der Waals surface area contributed by atoms with E-state index in [9.17, 15) is 9.59 Å². The van der Waals surface area contributed by atoms with Crippen molar-refractivity contribution in [2.24, 2.45) is 0 Å². The maximum absolute atomic E-state index is 12.3. The summed E-state index contributed by atoms with van der Waals surface area (Å²) in [6, 6.07) is 12.1. The Hall–Kier alpha value is -3.33. The standard InChI is InChI=1S/C22H24N4O4S/c1-4-26-18(12-30-20-14(2)7-5-8-15(20)3)24-25-22(26)31-13-19(27)23-17-10-6-9-16(11-17)21(28)29/h5-11H,4,12-13H2,1-3H3,(H,23,27)(H,28,29). The minimum Gasteiger partial charge on any atom is -0.485 e. The number of anilines is 1. The molecular formula is C22H24N4O4S. The van der Waals surface area contributed by atoms with Crippen LogP contribution in [0.2, 0.25) is 0 Å². The van der Waals surface area contributed by atoms with E-state index in [2.05, 4.69) is 15.5 Å². The van der Waals surface area contributed by atoms with Gasteiger partial charge in [0, 0.05) is 12.2 Å². The minimum atomic E-state index is -1.04. The molecule has 1 aromatic heterocycles. The van der Waals surface area contributed by atoms with E-state index >= 15 is 0 Å². The minimum absolute atomic E-state index is 0.115. The van der Waals surface area contributed by atoms with Crippen LogP contribution in [0.1, 0.15) is 34.2 Å². The fourth-order valence-corrected chi connectivity index (χ4v) is 3.89. The summed E-state index contributed by atoms with van der Waals surface area (Å²) in [5.41, 5.74) is 2.66. The Morgan fingerprint density at radius 2 is 1.84 bits per heavy atom. The Morgan fingerprint density at radius 3 is 2.52 bits per heavy atom. The molecule has 0 saturated heterocycles. The second kappa shape index (κ2) is 10.1. The van der Waals surface area contributed by atoms with Crippen LogP contribution in [0, 0.1) is 13.8 Å². The molecule has 8 nitrogen and oxygen atoms in total. The number of nitrogens with one attached hydrogen (secondary N) is 1. The van der Waals surface area contributed by atoms with Gasteiger partial charge in [0.15, 0.2) is 11.0 Å². The molecule has 0 spiro atoms. The average molecular weight is 441 g/mol. The van der Waals surface area contributed by atoms with Crippen molar-refractivity contribution in [3.8, 4) is 5.75 Å². The number of aromatic carboxylic acids is 1. The van der Waals surface area contributed by atoms with Crippen LogP contribution < -0.4 is 10.1 Å². The van der Waals surface area contributed by atoms with Gasteiger partial charge < -0.3 is 19.7 Å². The highest BCUT2D eigenvalue weighted by molar-refractivity contribution is 7.99. The molecule has 2 N–H and O–H groups in total. The second-order valence-electron chi connectivity index (χ2n) is 6.88. The van der Waals surface area contributed by atoms with E-state index in [1.807, 2.05) is 43.5 Å². The predicted molar refractivity (Wildman–Crippen MR) is 119 cm³/mol. The number of aromatic nitrogens is 3. The van der Waals surface area contributed by atoms with Gasteiger partial charge in [-0.05, 0) is 50.1 Å². The maximum atomic E-state index is 12.3. The molecule has 162 valence electrons. The lowest BCUT2D eigenvalue weighted by Gasteiger charge is -2.12. The fourth-order valence-electron chi connectivity index (χ4n) is 3.07. The number of nitrogens with zero attached hydrogens (tertiary/aromatic N) is 3. The molecule has 3 rings (SSSR count). The Balaban J connectivity index is 1.61. The molecule has 0 unspecified atom stereocenters. The van der Waals surface area contributed by atoms with Gasteiger partial charge in [-0.25, -0.2) is 4.79 Å². The van der Waals surface area contributed by atoms with Crippen molar-refractivity contribution in [1.29, 1.82) is 0 Å². The summed E-state index contributed by atoms with van der Waals surface area (Å²) in [6.45, 7) is 6.90. The van der Waals surface area contributed by atoms with Crippen molar-refractivity contribution >= 4 is 29.3 Å². The van der Waals surface area contributed by atoms with E-state index in [1.165, 1.54) is 23.9 Å². The molecule has 1 amide bonds. The van der Waals surface area contributed by atoms with Gasteiger partial charge in [-0.15, -0.1) is 10.2 Å². The molecule has 0 saturated carbocycles. The Kier molecular flexibility index (Phi) is 7.30. The first-order valence-electron chi connectivity index (χ1n) is 9.76. The first-order chi connectivity index (χ1) is 14.9.